The summed E-state index contributed by atoms with van der Waals surface area (Å²) < 4.78 is 2.72. The summed E-state index contributed by atoms with van der Waals surface area (Å²) in [5, 5.41) is 3.13. The molecule has 0 aliphatic rings. The number of hydrogen-bond acceptors (Lipinski definition) is 2. The summed E-state index contributed by atoms with van der Waals surface area (Å²) in [5.74, 6) is 0. The lowest BCUT2D eigenvalue weighted by atomic mass is 10.1. The number of aryl methyl sites for hydroxylation is 3. The number of rotatable bonds is 3. The van der Waals surface area contributed by atoms with Crippen molar-refractivity contribution in [2.75, 3.05) is 0 Å². The second-order valence-corrected chi connectivity index (χ2v) is 7.04. The number of nitrogens with zero attached hydrogens (tertiary/aromatic N) is 2. The van der Waals surface area contributed by atoms with Gasteiger partial charge in [0.2, 0.25) is 0 Å². The van der Waals surface area contributed by atoms with Crippen LogP contribution in [0.15, 0.2) is 52.3 Å². The maximum Gasteiger partial charge on any atom is 0.280 e. The molecule has 0 radical (unpaired) electrons. The van der Waals surface area contributed by atoms with Crippen LogP contribution in [0.2, 0.25) is 0 Å². The SMILES string of the molecule is Cc1ccc(-n2[nH]c(C)c(C=Nc3ccc(I)cc3)c2=O)cc1C. The molecule has 2 aromatic carbocycles. The van der Waals surface area contributed by atoms with E-state index in [4.69, 9.17) is 0 Å². The number of H-pyrrole nitrogens is 1. The Balaban J connectivity index is 1.99. The molecule has 1 N–H and O–H groups in total. The number of aromatic amines is 1. The summed E-state index contributed by atoms with van der Waals surface area (Å²) in [6.07, 6.45) is 1.63. The third-order valence-corrected chi connectivity index (χ3v) is 4.75. The third kappa shape index (κ3) is 3.36. The van der Waals surface area contributed by atoms with Crippen molar-refractivity contribution >= 4 is 34.5 Å². The van der Waals surface area contributed by atoms with Gasteiger partial charge in [0.1, 0.15) is 0 Å². The van der Waals surface area contributed by atoms with Crippen molar-refractivity contribution in [3.63, 3.8) is 0 Å². The number of aromatic nitrogens is 2. The number of nitrogens with one attached hydrogen (secondary N) is 1. The predicted octanol–water partition coefficient (Wildman–Crippen LogP) is 4.45. The summed E-state index contributed by atoms with van der Waals surface area (Å²) in [6, 6.07) is 13.8. The summed E-state index contributed by atoms with van der Waals surface area (Å²) in [6.45, 7) is 5.98. The highest BCUT2D eigenvalue weighted by Gasteiger charge is 2.11. The smallest absolute Gasteiger partial charge is 0.280 e. The molecule has 0 amide bonds. The summed E-state index contributed by atoms with van der Waals surface area (Å²) in [7, 11) is 0. The summed E-state index contributed by atoms with van der Waals surface area (Å²) in [5.41, 5.74) is 5.30. The van der Waals surface area contributed by atoms with Crippen molar-refractivity contribution < 1.29 is 0 Å². The van der Waals surface area contributed by atoms with Crippen LogP contribution in [0.3, 0.4) is 0 Å². The van der Waals surface area contributed by atoms with Gasteiger partial charge in [0.25, 0.3) is 5.56 Å². The molecule has 4 nitrogen and oxygen atoms in total. The monoisotopic (exact) mass is 431 g/mol. The number of aliphatic imine (C=N–C) groups is 1. The van der Waals surface area contributed by atoms with E-state index in [1.54, 1.807) is 10.9 Å². The summed E-state index contributed by atoms with van der Waals surface area (Å²) >= 11 is 2.25. The van der Waals surface area contributed by atoms with Crippen molar-refractivity contribution in [1.29, 1.82) is 0 Å². The fourth-order valence-corrected chi connectivity index (χ4v) is 2.78. The van der Waals surface area contributed by atoms with Gasteiger partial charge < -0.3 is 0 Å². The van der Waals surface area contributed by atoms with Gasteiger partial charge in [-0.1, -0.05) is 6.07 Å². The van der Waals surface area contributed by atoms with Gasteiger partial charge in [-0.2, -0.15) is 0 Å². The normalized spacial score (nSPS) is 11.3. The maximum absolute atomic E-state index is 12.7. The maximum atomic E-state index is 12.7. The van der Waals surface area contributed by atoms with Gasteiger partial charge in [-0.15, -0.1) is 0 Å². The Morgan fingerprint density at radius 3 is 2.42 bits per heavy atom. The quantitative estimate of drug-likeness (QED) is 0.484. The van der Waals surface area contributed by atoms with E-state index in [-0.39, 0.29) is 5.56 Å². The van der Waals surface area contributed by atoms with Crippen LogP contribution in [0, 0.1) is 24.3 Å². The topological polar surface area (TPSA) is 50.1 Å². The Morgan fingerprint density at radius 2 is 1.75 bits per heavy atom. The summed E-state index contributed by atoms with van der Waals surface area (Å²) in [4.78, 5) is 17.1. The van der Waals surface area contributed by atoms with E-state index < -0.39 is 0 Å². The molecule has 0 spiro atoms. The van der Waals surface area contributed by atoms with Crippen LogP contribution in [0.5, 0.6) is 0 Å². The van der Waals surface area contributed by atoms with Crippen LogP contribution >= 0.6 is 22.6 Å². The second kappa shape index (κ2) is 6.76. The average molecular weight is 431 g/mol. The van der Waals surface area contributed by atoms with Crippen molar-refractivity contribution in [2.24, 2.45) is 4.99 Å². The van der Waals surface area contributed by atoms with Crippen molar-refractivity contribution in [1.82, 2.24) is 9.78 Å². The standard InChI is InChI=1S/C19H18IN3O/c1-12-4-9-17(10-13(12)2)23-19(24)18(14(3)22-23)11-21-16-7-5-15(20)6-8-16/h4-11,22H,1-3H3. The first-order chi connectivity index (χ1) is 11.5. The minimum absolute atomic E-state index is 0.0926. The molecule has 0 saturated heterocycles. The van der Waals surface area contributed by atoms with Crippen LogP contribution in [-0.4, -0.2) is 16.0 Å². The Hall–Kier alpha value is -2.15. The minimum atomic E-state index is -0.0926. The Labute approximate surface area is 154 Å². The van der Waals surface area contributed by atoms with Crippen LogP contribution in [0.25, 0.3) is 5.69 Å². The molecule has 1 heterocycles. The molecular formula is C19H18IN3O. The molecule has 0 saturated carbocycles. The molecule has 1 aromatic heterocycles. The van der Waals surface area contributed by atoms with Gasteiger partial charge >= 0.3 is 0 Å². The van der Waals surface area contributed by atoms with Crippen LogP contribution in [0.4, 0.5) is 5.69 Å². The first kappa shape index (κ1) is 16.7. The lowest BCUT2D eigenvalue weighted by molar-refractivity contribution is 0.833. The lowest BCUT2D eigenvalue weighted by Crippen LogP contribution is -2.17. The molecule has 122 valence electrons. The highest BCUT2D eigenvalue weighted by molar-refractivity contribution is 14.1. The predicted molar refractivity (Wildman–Crippen MR) is 107 cm³/mol. The van der Waals surface area contributed by atoms with Gasteiger partial charge in [0.05, 0.1) is 16.9 Å². The van der Waals surface area contributed by atoms with E-state index in [1.165, 1.54) is 5.56 Å². The van der Waals surface area contributed by atoms with E-state index in [9.17, 15) is 4.79 Å². The Kier molecular flexibility index (Phi) is 4.71. The van der Waals surface area contributed by atoms with Crippen molar-refractivity contribution in [3.8, 4) is 5.69 Å². The van der Waals surface area contributed by atoms with Crippen LogP contribution in [0.1, 0.15) is 22.4 Å². The van der Waals surface area contributed by atoms with E-state index in [0.29, 0.717) is 5.56 Å². The first-order valence-corrected chi connectivity index (χ1v) is 8.72. The van der Waals surface area contributed by atoms with Crippen molar-refractivity contribution in [3.05, 3.63) is 78.8 Å². The fourth-order valence-electron chi connectivity index (χ4n) is 2.42. The zero-order valence-corrected chi connectivity index (χ0v) is 16.0. The molecule has 5 heteroatoms. The Morgan fingerprint density at radius 1 is 1.04 bits per heavy atom. The van der Waals surface area contributed by atoms with Crippen LogP contribution < -0.4 is 5.56 Å². The zero-order valence-electron chi connectivity index (χ0n) is 13.8. The second-order valence-electron chi connectivity index (χ2n) is 5.79. The van der Waals surface area contributed by atoms with Gasteiger partial charge in [0.15, 0.2) is 0 Å². The number of halogens is 1. The van der Waals surface area contributed by atoms with E-state index in [2.05, 4.69) is 39.6 Å². The molecule has 0 fully saturated rings. The highest BCUT2D eigenvalue weighted by Crippen LogP contribution is 2.15. The largest absolute Gasteiger partial charge is 0.295 e. The molecule has 24 heavy (non-hydrogen) atoms. The van der Waals surface area contributed by atoms with Crippen LogP contribution in [-0.2, 0) is 0 Å². The van der Waals surface area contributed by atoms with Crippen molar-refractivity contribution in [2.45, 2.75) is 20.8 Å². The molecule has 0 aliphatic heterocycles. The number of hydrogen-bond donors (Lipinski definition) is 1. The van der Waals surface area contributed by atoms with Gasteiger partial charge in [-0.25, -0.2) is 4.68 Å². The van der Waals surface area contributed by atoms with Gasteiger partial charge in [-0.3, -0.25) is 14.9 Å². The molecule has 0 unspecified atom stereocenters. The fraction of sp³-hybridized carbons (Fsp3) is 0.158. The average Bonchev–Trinajstić information content (AvgIpc) is 2.84. The highest BCUT2D eigenvalue weighted by atomic mass is 127. The Bertz CT molecular complexity index is 965. The molecule has 0 atom stereocenters. The minimum Gasteiger partial charge on any atom is -0.295 e. The van der Waals surface area contributed by atoms with Gasteiger partial charge in [-0.05, 0) is 90.9 Å². The molecular weight excluding hydrogens is 413 g/mol. The zero-order chi connectivity index (χ0) is 17.3. The molecule has 3 rings (SSSR count). The number of benzene rings is 2. The first-order valence-electron chi connectivity index (χ1n) is 7.64. The van der Waals surface area contributed by atoms with E-state index >= 15 is 0 Å². The van der Waals surface area contributed by atoms with E-state index in [1.807, 2.05) is 56.3 Å². The molecule has 3 aromatic rings. The molecule has 0 aliphatic carbocycles. The third-order valence-electron chi connectivity index (χ3n) is 4.04. The lowest BCUT2D eigenvalue weighted by Gasteiger charge is -2.05. The van der Waals surface area contributed by atoms with E-state index in [0.717, 1.165) is 26.2 Å². The molecule has 0 bridgehead atoms. The van der Waals surface area contributed by atoms with Gasteiger partial charge in [0, 0.05) is 15.5 Å².